The number of nitro benzene ring substituents is 1. The maximum atomic E-state index is 11.4. The molecule has 0 aliphatic carbocycles. The third-order valence-corrected chi connectivity index (χ3v) is 1.99. The van der Waals surface area contributed by atoms with Crippen LogP contribution in [-0.2, 0) is 9.59 Å². The van der Waals surface area contributed by atoms with Gasteiger partial charge in [0, 0.05) is 17.8 Å². The van der Waals surface area contributed by atoms with Gasteiger partial charge in [0.2, 0.25) is 11.8 Å². The highest BCUT2D eigenvalue weighted by Gasteiger charge is 2.07. The van der Waals surface area contributed by atoms with E-state index in [0.717, 1.165) is 0 Å². The SMILES string of the molecule is Cl.NCC(=O)NCC(=O)Nc1ccc([N+](=O)[O-])cc1. The maximum absolute atomic E-state index is 11.4. The highest BCUT2D eigenvalue weighted by Crippen LogP contribution is 2.14. The minimum atomic E-state index is -0.535. The Kier molecular flexibility index (Phi) is 7.08. The number of carbonyl (C=O) groups excluding carboxylic acids is 2. The van der Waals surface area contributed by atoms with Gasteiger partial charge in [-0.15, -0.1) is 12.4 Å². The maximum Gasteiger partial charge on any atom is 0.269 e. The Morgan fingerprint density at radius 3 is 2.26 bits per heavy atom. The average molecular weight is 289 g/mol. The number of hydrogen-bond donors (Lipinski definition) is 3. The lowest BCUT2D eigenvalue weighted by atomic mass is 10.3. The number of nitrogens with zero attached hydrogens (tertiary/aromatic N) is 1. The van der Waals surface area contributed by atoms with Gasteiger partial charge in [0.1, 0.15) is 0 Å². The minimum Gasteiger partial charge on any atom is -0.346 e. The van der Waals surface area contributed by atoms with E-state index in [-0.39, 0.29) is 31.2 Å². The van der Waals surface area contributed by atoms with E-state index in [4.69, 9.17) is 5.73 Å². The third kappa shape index (κ3) is 5.80. The lowest BCUT2D eigenvalue weighted by Gasteiger charge is -2.05. The van der Waals surface area contributed by atoms with Crippen molar-refractivity contribution in [3.63, 3.8) is 0 Å². The van der Waals surface area contributed by atoms with E-state index in [2.05, 4.69) is 10.6 Å². The molecule has 0 fully saturated rings. The number of halogens is 1. The van der Waals surface area contributed by atoms with Crippen LogP contribution in [0.15, 0.2) is 24.3 Å². The zero-order chi connectivity index (χ0) is 13.5. The molecule has 2 amide bonds. The Balaban J connectivity index is 0.00000324. The Morgan fingerprint density at radius 2 is 1.79 bits per heavy atom. The fourth-order valence-corrected chi connectivity index (χ4v) is 1.12. The van der Waals surface area contributed by atoms with Crippen LogP contribution in [0.25, 0.3) is 0 Å². The third-order valence-electron chi connectivity index (χ3n) is 1.99. The summed E-state index contributed by atoms with van der Waals surface area (Å²) in [5.41, 5.74) is 5.39. The molecule has 0 bridgehead atoms. The lowest BCUT2D eigenvalue weighted by Crippen LogP contribution is -2.36. The molecule has 0 spiro atoms. The van der Waals surface area contributed by atoms with Crippen molar-refractivity contribution in [3.8, 4) is 0 Å². The van der Waals surface area contributed by atoms with Crippen molar-refractivity contribution < 1.29 is 14.5 Å². The zero-order valence-electron chi connectivity index (χ0n) is 9.79. The highest BCUT2D eigenvalue weighted by molar-refractivity contribution is 5.94. The van der Waals surface area contributed by atoms with E-state index < -0.39 is 16.7 Å². The van der Waals surface area contributed by atoms with Crippen LogP contribution in [0.4, 0.5) is 11.4 Å². The Labute approximate surface area is 114 Å². The van der Waals surface area contributed by atoms with E-state index in [0.29, 0.717) is 5.69 Å². The van der Waals surface area contributed by atoms with Crippen molar-refractivity contribution in [2.45, 2.75) is 0 Å². The van der Waals surface area contributed by atoms with Gasteiger partial charge in [-0.25, -0.2) is 0 Å². The number of benzene rings is 1. The molecule has 1 aromatic carbocycles. The number of nitrogens with two attached hydrogens (primary N) is 1. The molecule has 0 radical (unpaired) electrons. The molecule has 19 heavy (non-hydrogen) atoms. The first-order valence-electron chi connectivity index (χ1n) is 5.04. The first kappa shape index (κ1) is 16.8. The summed E-state index contributed by atoms with van der Waals surface area (Å²) in [6, 6.07) is 5.35. The van der Waals surface area contributed by atoms with Crippen molar-refractivity contribution >= 4 is 35.6 Å². The summed E-state index contributed by atoms with van der Waals surface area (Å²) in [6.45, 7) is -0.391. The van der Waals surface area contributed by atoms with Gasteiger partial charge in [-0.05, 0) is 12.1 Å². The van der Waals surface area contributed by atoms with Gasteiger partial charge in [-0.1, -0.05) is 0 Å². The van der Waals surface area contributed by atoms with Crippen LogP contribution in [0.5, 0.6) is 0 Å². The summed E-state index contributed by atoms with van der Waals surface area (Å²) < 4.78 is 0. The largest absolute Gasteiger partial charge is 0.346 e. The Hall–Kier alpha value is -2.19. The summed E-state index contributed by atoms with van der Waals surface area (Å²) in [7, 11) is 0. The zero-order valence-corrected chi connectivity index (χ0v) is 10.6. The second-order valence-electron chi connectivity index (χ2n) is 3.33. The molecule has 1 rings (SSSR count). The predicted molar refractivity (Wildman–Crippen MR) is 71.0 cm³/mol. The van der Waals surface area contributed by atoms with Crippen molar-refractivity contribution in [1.29, 1.82) is 0 Å². The molecule has 0 saturated heterocycles. The van der Waals surface area contributed by atoms with Crippen LogP contribution in [0.2, 0.25) is 0 Å². The molecular formula is C10H13ClN4O4. The van der Waals surface area contributed by atoms with Crippen LogP contribution < -0.4 is 16.4 Å². The van der Waals surface area contributed by atoms with E-state index in [1.807, 2.05) is 0 Å². The normalized spacial score (nSPS) is 9.11. The summed E-state index contributed by atoms with van der Waals surface area (Å²) in [5, 5.41) is 15.2. The molecule has 1 aromatic rings. The average Bonchev–Trinajstić information content (AvgIpc) is 2.36. The molecule has 8 nitrogen and oxygen atoms in total. The van der Waals surface area contributed by atoms with Crippen LogP contribution >= 0.6 is 12.4 Å². The second-order valence-corrected chi connectivity index (χ2v) is 3.33. The molecule has 9 heteroatoms. The van der Waals surface area contributed by atoms with E-state index in [9.17, 15) is 19.7 Å². The van der Waals surface area contributed by atoms with Gasteiger partial charge in [-0.2, -0.15) is 0 Å². The number of rotatable bonds is 5. The number of amides is 2. The molecule has 0 saturated carbocycles. The van der Waals surface area contributed by atoms with Crippen molar-refractivity contribution in [2.24, 2.45) is 5.73 Å². The fraction of sp³-hybridized carbons (Fsp3) is 0.200. The monoisotopic (exact) mass is 288 g/mol. The summed E-state index contributed by atoms with van der Waals surface area (Å²) >= 11 is 0. The van der Waals surface area contributed by atoms with Crippen LogP contribution in [-0.4, -0.2) is 29.8 Å². The van der Waals surface area contributed by atoms with E-state index in [1.165, 1.54) is 24.3 Å². The highest BCUT2D eigenvalue weighted by atomic mass is 35.5. The van der Waals surface area contributed by atoms with Crippen molar-refractivity contribution in [1.82, 2.24) is 5.32 Å². The van der Waals surface area contributed by atoms with Gasteiger partial charge in [0.15, 0.2) is 0 Å². The molecule has 104 valence electrons. The van der Waals surface area contributed by atoms with Gasteiger partial charge < -0.3 is 16.4 Å². The summed E-state index contributed by atoms with van der Waals surface area (Å²) in [5.74, 6) is -0.875. The smallest absolute Gasteiger partial charge is 0.269 e. The van der Waals surface area contributed by atoms with Crippen LogP contribution in [0.1, 0.15) is 0 Å². The minimum absolute atomic E-state index is 0. The number of anilines is 1. The lowest BCUT2D eigenvalue weighted by molar-refractivity contribution is -0.384. The molecule has 0 unspecified atom stereocenters. The van der Waals surface area contributed by atoms with Gasteiger partial charge in [-0.3, -0.25) is 19.7 Å². The second kappa shape index (κ2) is 8.01. The fourth-order valence-electron chi connectivity index (χ4n) is 1.12. The number of carbonyl (C=O) groups is 2. The molecule has 0 heterocycles. The number of nitro groups is 1. The van der Waals surface area contributed by atoms with Crippen LogP contribution in [0.3, 0.4) is 0 Å². The van der Waals surface area contributed by atoms with Crippen molar-refractivity contribution in [3.05, 3.63) is 34.4 Å². The van der Waals surface area contributed by atoms with Gasteiger partial charge in [0.05, 0.1) is 18.0 Å². The molecular weight excluding hydrogens is 276 g/mol. The Morgan fingerprint density at radius 1 is 1.21 bits per heavy atom. The van der Waals surface area contributed by atoms with Gasteiger partial charge >= 0.3 is 0 Å². The van der Waals surface area contributed by atoms with E-state index in [1.54, 1.807) is 0 Å². The summed E-state index contributed by atoms with van der Waals surface area (Å²) in [4.78, 5) is 32.0. The Bertz CT molecular complexity index is 463. The van der Waals surface area contributed by atoms with Crippen LogP contribution in [0, 0.1) is 10.1 Å². The molecule has 0 aromatic heterocycles. The quantitative estimate of drug-likeness (QED) is 0.520. The molecule has 0 atom stereocenters. The molecule has 4 N–H and O–H groups in total. The summed E-state index contributed by atoms with van der Waals surface area (Å²) in [6.07, 6.45) is 0. The standard InChI is InChI=1S/C10H12N4O4.ClH/c11-5-9(15)12-6-10(16)13-7-1-3-8(4-2-7)14(17)18;/h1-4H,5-6,11H2,(H,12,15)(H,13,16);1H. The first-order chi connectivity index (χ1) is 8.52. The number of hydrogen-bond acceptors (Lipinski definition) is 5. The van der Waals surface area contributed by atoms with Crippen molar-refractivity contribution in [2.75, 3.05) is 18.4 Å². The first-order valence-corrected chi connectivity index (χ1v) is 5.04. The number of non-ortho nitro benzene ring substituents is 1. The number of nitrogens with one attached hydrogen (secondary N) is 2. The van der Waals surface area contributed by atoms with E-state index >= 15 is 0 Å². The van der Waals surface area contributed by atoms with Gasteiger partial charge in [0.25, 0.3) is 5.69 Å². The molecule has 0 aliphatic heterocycles. The topological polar surface area (TPSA) is 127 Å². The molecule has 0 aliphatic rings. The predicted octanol–water partition coefficient (Wildman–Crippen LogP) is 0.0300.